The molecule has 2 heteroatoms. The third-order valence-electron chi connectivity index (χ3n) is 5.09. The van der Waals surface area contributed by atoms with Crippen LogP contribution in [0.2, 0.25) is 13.1 Å². The third kappa shape index (κ3) is 2.87. The molecule has 20 heavy (non-hydrogen) atoms. The van der Waals surface area contributed by atoms with Crippen LogP contribution >= 0.6 is 0 Å². The van der Waals surface area contributed by atoms with E-state index in [0.29, 0.717) is 6.10 Å². The van der Waals surface area contributed by atoms with Gasteiger partial charge in [0.2, 0.25) is 0 Å². The highest BCUT2D eigenvalue weighted by Crippen LogP contribution is 2.50. The Hall–Kier alpha value is -0.603. The molecule has 0 bridgehead atoms. The van der Waals surface area contributed by atoms with Gasteiger partial charge in [-0.3, -0.25) is 0 Å². The number of benzene rings is 1. The van der Waals surface area contributed by atoms with Crippen molar-refractivity contribution in [2.45, 2.75) is 76.8 Å². The van der Waals surface area contributed by atoms with Crippen molar-refractivity contribution in [3.05, 3.63) is 30.3 Å². The molecule has 0 saturated carbocycles. The molecule has 0 aliphatic carbocycles. The van der Waals surface area contributed by atoms with E-state index in [9.17, 15) is 0 Å². The Bertz CT molecular complexity index is 415. The zero-order valence-electron chi connectivity index (χ0n) is 13.6. The van der Waals surface area contributed by atoms with Gasteiger partial charge in [0, 0.05) is 0 Å². The van der Waals surface area contributed by atoms with Crippen LogP contribution in [-0.2, 0) is 4.74 Å². The Balaban J connectivity index is 2.19. The lowest BCUT2D eigenvalue weighted by Crippen LogP contribution is -2.56. The van der Waals surface area contributed by atoms with Crippen LogP contribution in [0.15, 0.2) is 30.3 Å². The first-order valence-electron chi connectivity index (χ1n) is 8.32. The topological polar surface area (TPSA) is 12.5 Å². The molecule has 1 aliphatic rings. The van der Waals surface area contributed by atoms with Crippen molar-refractivity contribution < 1.29 is 4.74 Å². The van der Waals surface area contributed by atoms with Crippen LogP contribution in [0.3, 0.4) is 0 Å². The summed E-state index contributed by atoms with van der Waals surface area (Å²) >= 11 is 0. The first-order chi connectivity index (χ1) is 9.58. The van der Waals surface area contributed by atoms with E-state index in [-0.39, 0.29) is 5.22 Å². The molecule has 0 spiro atoms. The summed E-state index contributed by atoms with van der Waals surface area (Å²) in [6, 6.07) is 11.1. The van der Waals surface area contributed by atoms with Crippen LogP contribution in [0.4, 0.5) is 0 Å². The van der Waals surface area contributed by atoms with Crippen molar-refractivity contribution >= 4 is 13.3 Å². The highest BCUT2D eigenvalue weighted by atomic mass is 28.3. The molecule has 0 unspecified atom stereocenters. The largest absolute Gasteiger partial charge is 0.369 e. The lowest BCUT2D eigenvalue weighted by molar-refractivity contribution is 0.324. The Morgan fingerprint density at radius 3 is 2.30 bits per heavy atom. The Labute approximate surface area is 125 Å². The van der Waals surface area contributed by atoms with Crippen LogP contribution in [-0.4, -0.2) is 19.4 Å². The molecule has 1 fully saturated rings. The minimum absolute atomic E-state index is 0.208. The summed E-state index contributed by atoms with van der Waals surface area (Å²) in [5.74, 6) is 0. The predicted octanol–water partition coefficient (Wildman–Crippen LogP) is 4.66. The number of unbranched alkanes of at least 4 members (excludes halogenated alkanes) is 2. The van der Waals surface area contributed by atoms with Crippen molar-refractivity contribution in [3.8, 4) is 0 Å². The molecule has 1 nitrogen and oxygen atoms in total. The standard InChI is InChI=1S/C18H30OSi/c1-5-7-14-17-18(19-17,15-8-6-2)20(3,4)16-12-10-9-11-13-16/h9-13,17H,5-8,14-15H2,1-4H3/t17-,18-/m1/s1. The van der Waals surface area contributed by atoms with E-state index in [1.807, 2.05) is 0 Å². The second-order valence-corrected chi connectivity index (χ2v) is 11.4. The maximum Gasteiger partial charge on any atom is 0.120 e. The van der Waals surface area contributed by atoms with E-state index in [0.717, 1.165) is 0 Å². The number of ether oxygens (including phenoxy) is 1. The fourth-order valence-corrected chi connectivity index (χ4v) is 7.22. The maximum absolute atomic E-state index is 6.39. The molecule has 112 valence electrons. The summed E-state index contributed by atoms with van der Waals surface area (Å²) < 4.78 is 6.39. The van der Waals surface area contributed by atoms with Gasteiger partial charge in [0.25, 0.3) is 0 Å². The van der Waals surface area contributed by atoms with Crippen LogP contribution in [0, 0.1) is 0 Å². The minimum Gasteiger partial charge on any atom is -0.369 e. The average Bonchev–Trinajstić information content (AvgIpc) is 3.19. The zero-order valence-corrected chi connectivity index (χ0v) is 14.6. The predicted molar refractivity (Wildman–Crippen MR) is 90.2 cm³/mol. The van der Waals surface area contributed by atoms with Gasteiger partial charge in [0.15, 0.2) is 0 Å². The normalized spacial score (nSPS) is 25.7. The molecular formula is C18H30OSi. The molecule has 1 aromatic rings. The molecule has 1 heterocycles. The van der Waals surface area contributed by atoms with E-state index < -0.39 is 8.07 Å². The molecule has 0 aromatic heterocycles. The molecule has 2 atom stereocenters. The van der Waals surface area contributed by atoms with E-state index in [1.54, 1.807) is 5.19 Å². The van der Waals surface area contributed by atoms with Crippen LogP contribution < -0.4 is 5.19 Å². The fraction of sp³-hybridized carbons (Fsp3) is 0.667. The first kappa shape index (κ1) is 15.8. The van der Waals surface area contributed by atoms with E-state index >= 15 is 0 Å². The van der Waals surface area contributed by atoms with Gasteiger partial charge in [0.1, 0.15) is 8.07 Å². The lowest BCUT2D eigenvalue weighted by atomic mass is 10.1. The van der Waals surface area contributed by atoms with Gasteiger partial charge in [-0.15, -0.1) is 0 Å². The van der Waals surface area contributed by atoms with Gasteiger partial charge in [-0.2, -0.15) is 0 Å². The van der Waals surface area contributed by atoms with Crippen LogP contribution in [0.1, 0.15) is 52.4 Å². The van der Waals surface area contributed by atoms with E-state index in [4.69, 9.17) is 4.74 Å². The van der Waals surface area contributed by atoms with Crippen molar-refractivity contribution in [3.63, 3.8) is 0 Å². The number of epoxide rings is 1. The highest BCUT2D eigenvalue weighted by molar-refractivity contribution is 6.92. The Morgan fingerprint density at radius 1 is 1.05 bits per heavy atom. The van der Waals surface area contributed by atoms with E-state index in [1.165, 1.54) is 38.5 Å². The Kier molecular flexibility index (Phi) is 5.08. The van der Waals surface area contributed by atoms with Crippen LogP contribution in [0.25, 0.3) is 0 Å². The van der Waals surface area contributed by atoms with Gasteiger partial charge in [-0.1, -0.05) is 88.1 Å². The smallest absolute Gasteiger partial charge is 0.120 e. The van der Waals surface area contributed by atoms with Crippen LogP contribution in [0.5, 0.6) is 0 Å². The monoisotopic (exact) mass is 290 g/mol. The Morgan fingerprint density at radius 2 is 1.70 bits per heavy atom. The zero-order chi connectivity index (χ0) is 14.6. The van der Waals surface area contributed by atoms with E-state index in [2.05, 4.69) is 57.3 Å². The number of hydrogen-bond acceptors (Lipinski definition) is 1. The lowest BCUT2D eigenvalue weighted by Gasteiger charge is -2.31. The van der Waals surface area contributed by atoms with Gasteiger partial charge in [-0.25, -0.2) is 0 Å². The summed E-state index contributed by atoms with van der Waals surface area (Å²) in [6.45, 7) is 9.57. The second kappa shape index (κ2) is 6.44. The average molecular weight is 291 g/mol. The molecule has 1 aromatic carbocycles. The molecule has 0 amide bonds. The van der Waals surface area contributed by atoms with Crippen molar-refractivity contribution in [1.82, 2.24) is 0 Å². The summed E-state index contributed by atoms with van der Waals surface area (Å²) in [5, 5.41) is 1.76. The summed E-state index contributed by atoms with van der Waals surface area (Å²) in [6.07, 6.45) is 8.18. The fourth-order valence-electron chi connectivity index (χ4n) is 3.52. The minimum atomic E-state index is -1.57. The summed E-state index contributed by atoms with van der Waals surface area (Å²) in [4.78, 5) is 0. The maximum atomic E-state index is 6.39. The first-order valence-corrected chi connectivity index (χ1v) is 11.3. The number of hydrogen-bond donors (Lipinski definition) is 0. The van der Waals surface area contributed by atoms with Gasteiger partial charge in [0.05, 0.1) is 11.3 Å². The summed E-state index contributed by atoms with van der Waals surface area (Å²) in [7, 11) is -1.57. The molecular weight excluding hydrogens is 260 g/mol. The molecule has 2 rings (SSSR count). The van der Waals surface area contributed by atoms with Crippen molar-refractivity contribution in [2.24, 2.45) is 0 Å². The highest BCUT2D eigenvalue weighted by Gasteiger charge is 2.64. The quantitative estimate of drug-likeness (QED) is 0.501. The summed E-state index contributed by atoms with van der Waals surface area (Å²) in [5.41, 5.74) is 0. The van der Waals surface area contributed by atoms with Crippen molar-refractivity contribution in [1.29, 1.82) is 0 Å². The number of rotatable bonds is 8. The second-order valence-electron chi connectivity index (χ2n) is 6.73. The molecule has 0 radical (unpaired) electrons. The SMILES string of the molecule is CCCC[C@H]1O[C@]1(CCCC)[Si](C)(C)c1ccccc1. The third-order valence-corrected chi connectivity index (χ3v) is 9.67. The van der Waals surface area contributed by atoms with Crippen molar-refractivity contribution in [2.75, 3.05) is 0 Å². The molecule has 1 aliphatic heterocycles. The van der Waals surface area contributed by atoms with Gasteiger partial charge < -0.3 is 4.74 Å². The molecule has 1 saturated heterocycles. The van der Waals surface area contributed by atoms with Gasteiger partial charge in [-0.05, 0) is 12.8 Å². The molecule has 0 N–H and O–H groups in total. The van der Waals surface area contributed by atoms with Gasteiger partial charge >= 0.3 is 0 Å².